The van der Waals surface area contributed by atoms with E-state index in [9.17, 15) is 4.39 Å². The fraction of sp³-hybridized carbons (Fsp3) is 0.647. The summed E-state index contributed by atoms with van der Waals surface area (Å²) < 4.78 is 13.2. The van der Waals surface area contributed by atoms with Crippen LogP contribution in [0.3, 0.4) is 0 Å². The Bertz CT molecular complexity index is 480. The van der Waals surface area contributed by atoms with Gasteiger partial charge in [-0.3, -0.25) is 0 Å². The van der Waals surface area contributed by atoms with Gasteiger partial charge in [0.05, 0.1) is 0 Å². The first-order valence-electron chi connectivity index (χ1n) is 7.45. The zero-order valence-corrected chi connectivity index (χ0v) is 13.4. The summed E-state index contributed by atoms with van der Waals surface area (Å²) >= 11 is 6.18. The molecule has 1 fully saturated rings. The van der Waals surface area contributed by atoms with Gasteiger partial charge in [-0.2, -0.15) is 0 Å². The average Bonchev–Trinajstić information content (AvgIpc) is 2.32. The fourth-order valence-electron chi connectivity index (χ4n) is 3.79. The van der Waals surface area contributed by atoms with E-state index in [2.05, 4.69) is 20.8 Å². The lowest BCUT2D eigenvalue weighted by molar-refractivity contribution is 0.0793. The van der Waals surface area contributed by atoms with Crippen LogP contribution in [0.1, 0.15) is 52.0 Å². The molecule has 2 atom stereocenters. The lowest BCUT2D eigenvalue weighted by atomic mass is 9.61. The lowest BCUT2D eigenvalue weighted by Crippen LogP contribution is -2.55. The van der Waals surface area contributed by atoms with Crippen molar-refractivity contribution in [3.63, 3.8) is 0 Å². The van der Waals surface area contributed by atoms with Crippen LogP contribution in [0.2, 0.25) is 5.02 Å². The largest absolute Gasteiger partial charge is 0.325 e. The van der Waals surface area contributed by atoms with Crippen molar-refractivity contribution in [3.05, 3.63) is 34.6 Å². The third-order valence-electron chi connectivity index (χ3n) is 4.66. The van der Waals surface area contributed by atoms with Gasteiger partial charge < -0.3 is 5.73 Å². The van der Waals surface area contributed by atoms with Gasteiger partial charge in [0, 0.05) is 10.6 Å². The van der Waals surface area contributed by atoms with Crippen LogP contribution in [0.4, 0.5) is 4.39 Å². The number of halogens is 2. The first-order chi connectivity index (χ1) is 9.22. The lowest BCUT2D eigenvalue weighted by Gasteiger charge is -2.48. The van der Waals surface area contributed by atoms with Gasteiger partial charge in [-0.15, -0.1) is 0 Å². The molecule has 112 valence electrons. The monoisotopic (exact) mass is 297 g/mol. The fourth-order valence-corrected chi connectivity index (χ4v) is 4.02. The first-order valence-corrected chi connectivity index (χ1v) is 7.83. The van der Waals surface area contributed by atoms with E-state index in [-0.39, 0.29) is 16.8 Å². The van der Waals surface area contributed by atoms with Crippen LogP contribution < -0.4 is 5.73 Å². The Morgan fingerprint density at radius 3 is 2.65 bits per heavy atom. The summed E-state index contributed by atoms with van der Waals surface area (Å²) in [6.07, 6.45) is 5.33. The number of rotatable bonds is 2. The van der Waals surface area contributed by atoms with Crippen molar-refractivity contribution in [1.82, 2.24) is 0 Å². The molecule has 2 N–H and O–H groups in total. The molecular weight excluding hydrogens is 273 g/mol. The average molecular weight is 298 g/mol. The summed E-state index contributed by atoms with van der Waals surface area (Å²) in [4.78, 5) is 0. The number of benzene rings is 1. The minimum atomic E-state index is -0.291. The molecule has 0 spiro atoms. The highest BCUT2D eigenvalue weighted by atomic mass is 35.5. The molecule has 1 aromatic carbocycles. The highest BCUT2D eigenvalue weighted by molar-refractivity contribution is 6.31. The quantitative estimate of drug-likeness (QED) is 0.820. The molecule has 3 heteroatoms. The van der Waals surface area contributed by atoms with Crippen molar-refractivity contribution in [2.45, 2.75) is 58.4 Å². The zero-order valence-electron chi connectivity index (χ0n) is 12.7. The van der Waals surface area contributed by atoms with Gasteiger partial charge in [0.15, 0.2) is 0 Å². The Morgan fingerprint density at radius 2 is 2.05 bits per heavy atom. The molecule has 0 saturated heterocycles. The SMILES string of the molecule is CC(C)(C)C1CCCCC1(N)Cc1ccc(F)cc1Cl. The minimum absolute atomic E-state index is 0.182. The minimum Gasteiger partial charge on any atom is -0.325 e. The van der Waals surface area contributed by atoms with E-state index in [0.717, 1.165) is 18.4 Å². The molecule has 2 rings (SSSR count). The van der Waals surface area contributed by atoms with Gasteiger partial charge in [-0.1, -0.05) is 51.3 Å². The third kappa shape index (κ3) is 3.35. The van der Waals surface area contributed by atoms with Crippen molar-refractivity contribution in [3.8, 4) is 0 Å². The maximum Gasteiger partial charge on any atom is 0.124 e. The van der Waals surface area contributed by atoms with Crippen LogP contribution >= 0.6 is 11.6 Å². The zero-order chi connectivity index (χ0) is 15.0. The molecule has 0 heterocycles. The van der Waals surface area contributed by atoms with Crippen LogP contribution in [0.5, 0.6) is 0 Å². The Morgan fingerprint density at radius 1 is 1.35 bits per heavy atom. The Balaban J connectivity index is 2.28. The summed E-state index contributed by atoms with van der Waals surface area (Å²) in [7, 11) is 0. The molecule has 1 aromatic rings. The molecule has 20 heavy (non-hydrogen) atoms. The smallest absolute Gasteiger partial charge is 0.124 e. The second-order valence-electron chi connectivity index (χ2n) is 7.31. The van der Waals surface area contributed by atoms with E-state index in [0.29, 0.717) is 10.9 Å². The normalized spacial score (nSPS) is 27.6. The molecule has 0 bridgehead atoms. The van der Waals surface area contributed by atoms with E-state index in [1.54, 1.807) is 6.07 Å². The van der Waals surface area contributed by atoms with Gasteiger partial charge in [0.25, 0.3) is 0 Å². The molecular formula is C17H25ClFN. The topological polar surface area (TPSA) is 26.0 Å². The first kappa shape index (κ1) is 15.8. The van der Waals surface area contributed by atoms with E-state index in [1.807, 2.05) is 0 Å². The summed E-state index contributed by atoms with van der Waals surface area (Å²) in [5.74, 6) is 0.172. The predicted molar refractivity (Wildman–Crippen MR) is 83.4 cm³/mol. The standard InChI is InChI=1S/C17H25ClFN/c1-16(2,3)15-6-4-5-9-17(15,20)11-12-7-8-13(19)10-14(12)18/h7-8,10,15H,4-6,9,11,20H2,1-3H3. The van der Waals surface area contributed by atoms with E-state index >= 15 is 0 Å². The van der Waals surface area contributed by atoms with Crippen molar-refractivity contribution in [2.75, 3.05) is 0 Å². The molecule has 0 aliphatic heterocycles. The van der Waals surface area contributed by atoms with Crippen molar-refractivity contribution >= 4 is 11.6 Å². The van der Waals surface area contributed by atoms with Gasteiger partial charge >= 0.3 is 0 Å². The van der Waals surface area contributed by atoms with Gasteiger partial charge in [0.1, 0.15) is 5.82 Å². The van der Waals surface area contributed by atoms with Gasteiger partial charge in [-0.25, -0.2) is 4.39 Å². The van der Waals surface area contributed by atoms with Gasteiger partial charge in [0.2, 0.25) is 0 Å². The summed E-state index contributed by atoms with van der Waals surface area (Å²) in [6.45, 7) is 6.78. The van der Waals surface area contributed by atoms with E-state index < -0.39 is 0 Å². The van der Waals surface area contributed by atoms with Crippen LogP contribution in [-0.2, 0) is 6.42 Å². The number of hydrogen-bond donors (Lipinski definition) is 1. The highest BCUT2D eigenvalue weighted by Gasteiger charge is 2.43. The molecule has 1 aliphatic rings. The second-order valence-corrected chi connectivity index (χ2v) is 7.72. The Labute approximate surface area is 126 Å². The number of nitrogens with two attached hydrogens (primary N) is 1. The molecule has 0 amide bonds. The van der Waals surface area contributed by atoms with E-state index in [4.69, 9.17) is 17.3 Å². The number of hydrogen-bond acceptors (Lipinski definition) is 1. The Hall–Kier alpha value is -0.600. The maximum atomic E-state index is 13.2. The molecule has 1 aliphatic carbocycles. The van der Waals surface area contributed by atoms with Crippen molar-refractivity contribution in [1.29, 1.82) is 0 Å². The highest BCUT2D eigenvalue weighted by Crippen LogP contribution is 2.45. The maximum absolute atomic E-state index is 13.2. The Kier molecular flexibility index (Phi) is 4.46. The molecule has 0 aromatic heterocycles. The van der Waals surface area contributed by atoms with Crippen LogP contribution in [0.15, 0.2) is 18.2 Å². The summed E-state index contributed by atoms with van der Waals surface area (Å²) in [5, 5.41) is 0.494. The molecule has 1 nitrogen and oxygen atoms in total. The van der Waals surface area contributed by atoms with Crippen LogP contribution in [0.25, 0.3) is 0 Å². The predicted octanol–water partition coefficient (Wildman–Crippen LogP) is 4.96. The van der Waals surface area contributed by atoms with Gasteiger partial charge in [-0.05, 0) is 48.3 Å². The molecule has 2 unspecified atom stereocenters. The van der Waals surface area contributed by atoms with Crippen LogP contribution in [0, 0.1) is 17.2 Å². The van der Waals surface area contributed by atoms with Crippen LogP contribution in [-0.4, -0.2) is 5.54 Å². The van der Waals surface area contributed by atoms with Crippen molar-refractivity contribution in [2.24, 2.45) is 17.1 Å². The third-order valence-corrected chi connectivity index (χ3v) is 5.01. The van der Waals surface area contributed by atoms with E-state index in [1.165, 1.54) is 31.4 Å². The summed E-state index contributed by atoms with van der Waals surface area (Å²) in [5.41, 5.74) is 7.68. The summed E-state index contributed by atoms with van der Waals surface area (Å²) in [6, 6.07) is 4.63. The second kappa shape index (κ2) is 5.65. The van der Waals surface area contributed by atoms with Crippen molar-refractivity contribution < 1.29 is 4.39 Å². The molecule has 0 radical (unpaired) electrons. The molecule has 1 saturated carbocycles.